The van der Waals surface area contributed by atoms with Crippen molar-refractivity contribution in [3.63, 3.8) is 0 Å². The lowest BCUT2D eigenvalue weighted by Gasteiger charge is -2.35. The zero-order chi connectivity index (χ0) is 20.1. The summed E-state index contributed by atoms with van der Waals surface area (Å²) in [7, 11) is -3.56. The van der Waals surface area contributed by atoms with Crippen molar-refractivity contribution in [2.24, 2.45) is 0 Å². The fraction of sp³-hybridized carbons (Fsp3) is 0.350. The Morgan fingerprint density at radius 1 is 1.04 bits per heavy atom. The molecular weight excluding hydrogens is 383 g/mol. The van der Waals surface area contributed by atoms with E-state index in [9.17, 15) is 17.6 Å². The Morgan fingerprint density at radius 3 is 2.21 bits per heavy atom. The molecule has 3 rings (SSSR count). The van der Waals surface area contributed by atoms with Gasteiger partial charge in [0.2, 0.25) is 10.0 Å². The third-order valence-corrected chi connectivity index (χ3v) is 6.58. The summed E-state index contributed by atoms with van der Waals surface area (Å²) in [5, 5.41) is 0. The smallest absolute Gasteiger partial charge is 0.263 e. The molecule has 2 aromatic rings. The molecule has 1 heterocycles. The second-order valence-electron chi connectivity index (χ2n) is 6.51. The van der Waals surface area contributed by atoms with E-state index in [-0.39, 0.29) is 29.7 Å². The normalized spacial score (nSPS) is 16.6. The van der Waals surface area contributed by atoms with E-state index in [1.54, 1.807) is 35.2 Å². The van der Waals surface area contributed by atoms with E-state index in [2.05, 4.69) is 0 Å². The molecular formula is C20H23FN2O4S. The van der Waals surface area contributed by atoms with Gasteiger partial charge in [-0.1, -0.05) is 25.1 Å². The van der Waals surface area contributed by atoms with Gasteiger partial charge in [0.25, 0.3) is 5.91 Å². The van der Waals surface area contributed by atoms with Gasteiger partial charge in [-0.2, -0.15) is 4.31 Å². The van der Waals surface area contributed by atoms with E-state index in [0.717, 1.165) is 0 Å². The van der Waals surface area contributed by atoms with Crippen molar-refractivity contribution in [2.75, 3.05) is 26.2 Å². The van der Waals surface area contributed by atoms with Crippen molar-refractivity contribution < 1.29 is 22.3 Å². The van der Waals surface area contributed by atoms with Crippen LogP contribution in [0.2, 0.25) is 0 Å². The second kappa shape index (κ2) is 8.70. The van der Waals surface area contributed by atoms with E-state index in [1.807, 2.05) is 6.92 Å². The third kappa shape index (κ3) is 4.51. The molecule has 1 fully saturated rings. The van der Waals surface area contributed by atoms with E-state index in [0.29, 0.717) is 25.3 Å². The van der Waals surface area contributed by atoms with Crippen LogP contribution in [0.25, 0.3) is 0 Å². The van der Waals surface area contributed by atoms with E-state index >= 15 is 0 Å². The van der Waals surface area contributed by atoms with Gasteiger partial charge < -0.3 is 9.64 Å². The Hall–Kier alpha value is -2.45. The van der Waals surface area contributed by atoms with Gasteiger partial charge in [0.1, 0.15) is 11.6 Å². The first-order chi connectivity index (χ1) is 13.4. The number of carbonyl (C=O) groups excluding carboxylic acids is 1. The minimum atomic E-state index is -3.56. The van der Waals surface area contributed by atoms with Crippen LogP contribution in [-0.2, 0) is 14.8 Å². The molecule has 0 spiro atoms. The molecule has 28 heavy (non-hydrogen) atoms. The van der Waals surface area contributed by atoms with Crippen LogP contribution < -0.4 is 4.74 Å². The highest BCUT2D eigenvalue weighted by atomic mass is 32.2. The number of sulfonamides is 1. The molecule has 0 N–H and O–H groups in total. The number of carbonyl (C=O) groups is 1. The van der Waals surface area contributed by atoms with E-state index < -0.39 is 16.1 Å². The molecule has 0 aromatic heterocycles. The van der Waals surface area contributed by atoms with Gasteiger partial charge in [0.05, 0.1) is 4.90 Å². The van der Waals surface area contributed by atoms with Crippen LogP contribution in [0.5, 0.6) is 5.75 Å². The van der Waals surface area contributed by atoms with Crippen molar-refractivity contribution in [1.29, 1.82) is 0 Å². The van der Waals surface area contributed by atoms with Crippen LogP contribution in [0.1, 0.15) is 13.3 Å². The minimum Gasteiger partial charge on any atom is -0.481 e. The number of nitrogens with zero attached hydrogens (tertiary/aromatic N) is 2. The molecule has 1 aliphatic rings. The Morgan fingerprint density at radius 2 is 1.64 bits per heavy atom. The molecule has 8 heteroatoms. The van der Waals surface area contributed by atoms with Crippen molar-refractivity contribution in [3.8, 4) is 5.75 Å². The third-order valence-electron chi connectivity index (χ3n) is 4.67. The average Bonchev–Trinajstić information content (AvgIpc) is 2.73. The monoisotopic (exact) mass is 406 g/mol. The number of benzene rings is 2. The molecule has 0 aliphatic carbocycles. The molecule has 0 saturated carbocycles. The summed E-state index contributed by atoms with van der Waals surface area (Å²) in [5.41, 5.74) is 0. The molecule has 0 radical (unpaired) electrons. The number of ether oxygens (including phenoxy) is 1. The number of rotatable bonds is 6. The lowest BCUT2D eigenvalue weighted by atomic mass is 10.2. The fourth-order valence-corrected chi connectivity index (χ4v) is 4.52. The minimum absolute atomic E-state index is 0.191. The first kappa shape index (κ1) is 20.3. The Balaban J connectivity index is 1.61. The number of amides is 1. The molecule has 6 nitrogen and oxygen atoms in total. The maximum absolute atomic E-state index is 13.0. The highest BCUT2D eigenvalue weighted by Crippen LogP contribution is 2.19. The average molecular weight is 406 g/mol. The molecule has 1 aliphatic heterocycles. The fourth-order valence-electron chi connectivity index (χ4n) is 3.08. The number of hydrogen-bond donors (Lipinski definition) is 0. The summed E-state index contributed by atoms with van der Waals surface area (Å²) in [4.78, 5) is 14.7. The van der Waals surface area contributed by atoms with Crippen molar-refractivity contribution in [3.05, 3.63) is 60.4 Å². The topological polar surface area (TPSA) is 66.9 Å². The van der Waals surface area contributed by atoms with Gasteiger partial charge in [-0.3, -0.25) is 4.79 Å². The molecule has 1 amide bonds. The standard InChI is InChI=1S/C20H23FN2O4S/c1-2-19(27-17-10-8-16(21)9-11-17)20(24)22-12-14-23(15-13-22)28(25,26)18-6-4-3-5-7-18/h3-11,19H,2,12-15H2,1H3. The van der Waals surface area contributed by atoms with Crippen LogP contribution in [0.15, 0.2) is 59.5 Å². The van der Waals surface area contributed by atoms with Crippen LogP contribution in [0, 0.1) is 5.82 Å². The van der Waals surface area contributed by atoms with E-state index in [1.165, 1.54) is 28.6 Å². The predicted molar refractivity (Wildman–Crippen MR) is 103 cm³/mol. The number of halogens is 1. The molecule has 0 bridgehead atoms. The van der Waals surface area contributed by atoms with Crippen molar-refractivity contribution >= 4 is 15.9 Å². The van der Waals surface area contributed by atoms with Gasteiger partial charge >= 0.3 is 0 Å². The van der Waals surface area contributed by atoms with Crippen LogP contribution >= 0.6 is 0 Å². The molecule has 1 atom stereocenters. The lowest BCUT2D eigenvalue weighted by molar-refractivity contribution is -0.140. The quantitative estimate of drug-likeness (QED) is 0.739. The maximum Gasteiger partial charge on any atom is 0.263 e. The van der Waals surface area contributed by atoms with Crippen LogP contribution in [0.4, 0.5) is 4.39 Å². The maximum atomic E-state index is 13.0. The summed E-state index contributed by atoms with van der Waals surface area (Å²) < 4.78 is 45.5. The SMILES string of the molecule is CCC(Oc1ccc(F)cc1)C(=O)N1CCN(S(=O)(=O)c2ccccc2)CC1. The summed E-state index contributed by atoms with van der Waals surface area (Å²) in [6, 6.07) is 13.8. The summed E-state index contributed by atoms with van der Waals surface area (Å²) in [6.45, 7) is 2.90. The molecule has 2 aromatic carbocycles. The van der Waals surface area contributed by atoms with Gasteiger partial charge in [0, 0.05) is 26.2 Å². The molecule has 150 valence electrons. The number of piperazine rings is 1. The van der Waals surface area contributed by atoms with Crippen LogP contribution in [-0.4, -0.2) is 55.8 Å². The molecule has 1 saturated heterocycles. The largest absolute Gasteiger partial charge is 0.481 e. The first-order valence-corrected chi connectivity index (χ1v) is 10.6. The van der Waals surface area contributed by atoms with E-state index in [4.69, 9.17) is 4.74 Å². The van der Waals surface area contributed by atoms with Crippen molar-refractivity contribution in [1.82, 2.24) is 9.21 Å². The van der Waals surface area contributed by atoms with Crippen LogP contribution in [0.3, 0.4) is 0 Å². The first-order valence-electron chi connectivity index (χ1n) is 9.18. The summed E-state index contributed by atoms with van der Waals surface area (Å²) in [5.74, 6) is -0.141. The molecule has 1 unspecified atom stereocenters. The highest BCUT2D eigenvalue weighted by molar-refractivity contribution is 7.89. The second-order valence-corrected chi connectivity index (χ2v) is 8.45. The Kier molecular flexibility index (Phi) is 6.31. The zero-order valence-corrected chi connectivity index (χ0v) is 16.4. The van der Waals surface area contributed by atoms with Crippen molar-refractivity contribution in [2.45, 2.75) is 24.3 Å². The lowest BCUT2D eigenvalue weighted by Crippen LogP contribution is -2.53. The van der Waals surface area contributed by atoms with Gasteiger partial charge in [-0.15, -0.1) is 0 Å². The Bertz CT molecular complexity index is 896. The summed E-state index contributed by atoms with van der Waals surface area (Å²) >= 11 is 0. The predicted octanol–water partition coefficient (Wildman–Crippen LogP) is 2.52. The van der Waals surface area contributed by atoms with Gasteiger partial charge in [0.15, 0.2) is 6.10 Å². The van der Waals surface area contributed by atoms with Gasteiger partial charge in [-0.25, -0.2) is 12.8 Å². The van der Waals surface area contributed by atoms with Gasteiger partial charge in [-0.05, 0) is 42.8 Å². The highest BCUT2D eigenvalue weighted by Gasteiger charge is 2.32. The Labute approximate surface area is 164 Å². The zero-order valence-electron chi connectivity index (χ0n) is 15.6. The number of hydrogen-bond acceptors (Lipinski definition) is 4. The summed E-state index contributed by atoms with van der Waals surface area (Å²) in [6.07, 6.45) is -0.235.